The zero-order chi connectivity index (χ0) is 18.6. The highest BCUT2D eigenvalue weighted by molar-refractivity contribution is 5.79. The summed E-state index contributed by atoms with van der Waals surface area (Å²) in [6, 6.07) is 8.25. The van der Waals surface area contributed by atoms with Crippen molar-refractivity contribution >= 4 is 5.96 Å². The minimum Gasteiger partial charge on any atom is -0.382 e. The number of rotatable bonds is 10. The van der Waals surface area contributed by atoms with Crippen molar-refractivity contribution in [1.82, 2.24) is 20.4 Å². The molecule has 0 saturated carbocycles. The van der Waals surface area contributed by atoms with Gasteiger partial charge in [-0.05, 0) is 50.1 Å². The second-order valence-electron chi connectivity index (χ2n) is 5.81. The van der Waals surface area contributed by atoms with Gasteiger partial charge in [0.25, 0.3) is 0 Å². The molecule has 1 aromatic carbocycles. The van der Waals surface area contributed by atoms with Gasteiger partial charge in [-0.2, -0.15) is 5.10 Å². The van der Waals surface area contributed by atoms with Gasteiger partial charge < -0.3 is 15.4 Å². The Balaban J connectivity index is 1.69. The Bertz CT molecular complexity index is 669. The average molecular weight is 361 g/mol. The number of benzene rings is 1. The molecule has 0 amide bonds. The largest absolute Gasteiger partial charge is 0.382 e. The van der Waals surface area contributed by atoms with E-state index < -0.39 is 0 Å². The number of aliphatic imine (C=N–C) groups is 1. The van der Waals surface area contributed by atoms with Crippen LogP contribution in [0, 0.1) is 5.82 Å². The maximum Gasteiger partial charge on any atom is 0.190 e. The highest BCUT2D eigenvalue weighted by Gasteiger charge is 2.03. The number of guanidine groups is 1. The summed E-state index contributed by atoms with van der Waals surface area (Å²) in [5.41, 5.74) is 1.81. The first kappa shape index (κ1) is 19.9. The van der Waals surface area contributed by atoms with Crippen LogP contribution in [0.4, 0.5) is 4.39 Å². The van der Waals surface area contributed by atoms with Crippen LogP contribution in [0.2, 0.25) is 0 Å². The number of halogens is 1. The van der Waals surface area contributed by atoms with Crippen LogP contribution in [0.5, 0.6) is 0 Å². The SMILES string of the molecule is CCOCCCCNC(=NC)NCCc1ccn(-c2ccc(F)cc2)n1. The van der Waals surface area contributed by atoms with Gasteiger partial charge in [-0.25, -0.2) is 9.07 Å². The maximum absolute atomic E-state index is 13.0. The fourth-order valence-corrected chi connectivity index (χ4v) is 2.44. The molecule has 7 heteroatoms. The third-order valence-electron chi connectivity index (χ3n) is 3.84. The van der Waals surface area contributed by atoms with Crippen molar-refractivity contribution in [2.75, 3.05) is 33.4 Å². The van der Waals surface area contributed by atoms with Crippen molar-refractivity contribution in [3.05, 3.63) is 48.0 Å². The van der Waals surface area contributed by atoms with E-state index in [4.69, 9.17) is 4.74 Å². The second kappa shape index (κ2) is 11.3. The van der Waals surface area contributed by atoms with Crippen LogP contribution < -0.4 is 10.6 Å². The Morgan fingerprint density at radius 2 is 1.92 bits per heavy atom. The van der Waals surface area contributed by atoms with Crippen molar-refractivity contribution < 1.29 is 9.13 Å². The number of unbranched alkanes of at least 4 members (excludes halogenated alkanes) is 1. The fourth-order valence-electron chi connectivity index (χ4n) is 2.44. The van der Waals surface area contributed by atoms with Gasteiger partial charge in [0, 0.05) is 46.0 Å². The lowest BCUT2D eigenvalue weighted by Gasteiger charge is -2.11. The van der Waals surface area contributed by atoms with Gasteiger partial charge in [0.1, 0.15) is 5.82 Å². The third kappa shape index (κ3) is 6.84. The molecule has 0 fully saturated rings. The van der Waals surface area contributed by atoms with E-state index in [1.807, 2.05) is 19.2 Å². The van der Waals surface area contributed by atoms with Gasteiger partial charge in [0.05, 0.1) is 11.4 Å². The summed E-state index contributed by atoms with van der Waals surface area (Å²) in [6.07, 6.45) is 4.74. The molecule has 0 aliphatic carbocycles. The van der Waals surface area contributed by atoms with E-state index >= 15 is 0 Å². The van der Waals surface area contributed by atoms with Gasteiger partial charge in [-0.3, -0.25) is 4.99 Å². The van der Waals surface area contributed by atoms with Gasteiger partial charge in [0.15, 0.2) is 5.96 Å². The number of hydrogen-bond acceptors (Lipinski definition) is 3. The summed E-state index contributed by atoms with van der Waals surface area (Å²) in [5, 5.41) is 11.1. The monoisotopic (exact) mass is 361 g/mol. The zero-order valence-corrected chi connectivity index (χ0v) is 15.5. The van der Waals surface area contributed by atoms with Gasteiger partial charge >= 0.3 is 0 Å². The number of ether oxygens (including phenoxy) is 1. The van der Waals surface area contributed by atoms with E-state index in [-0.39, 0.29) is 5.82 Å². The van der Waals surface area contributed by atoms with Gasteiger partial charge in [-0.1, -0.05) is 0 Å². The van der Waals surface area contributed by atoms with E-state index in [1.54, 1.807) is 23.9 Å². The molecule has 0 radical (unpaired) electrons. The summed E-state index contributed by atoms with van der Waals surface area (Å²) < 4.78 is 20.1. The van der Waals surface area contributed by atoms with Crippen LogP contribution in [0.3, 0.4) is 0 Å². The molecule has 0 spiro atoms. The van der Waals surface area contributed by atoms with Crippen LogP contribution in [-0.4, -0.2) is 49.1 Å². The van der Waals surface area contributed by atoms with Crippen LogP contribution >= 0.6 is 0 Å². The number of nitrogens with zero attached hydrogens (tertiary/aromatic N) is 3. The van der Waals surface area contributed by atoms with E-state index in [1.165, 1.54) is 12.1 Å². The topological polar surface area (TPSA) is 63.5 Å². The predicted molar refractivity (Wildman–Crippen MR) is 102 cm³/mol. The van der Waals surface area contributed by atoms with Gasteiger partial charge in [-0.15, -0.1) is 0 Å². The Hall–Kier alpha value is -2.41. The Morgan fingerprint density at radius 1 is 1.15 bits per heavy atom. The molecule has 0 aliphatic heterocycles. The molecule has 0 saturated heterocycles. The first-order valence-corrected chi connectivity index (χ1v) is 9.05. The molecule has 26 heavy (non-hydrogen) atoms. The summed E-state index contributed by atoms with van der Waals surface area (Å²) >= 11 is 0. The van der Waals surface area contributed by atoms with Gasteiger partial charge in [0.2, 0.25) is 0 Å². The first-order valence-electron chi connectivity index (χ1n) is 9.05. The minimum atomic E-state index is -0.248. The molecule has 6 nitrogen and oxygen atoms in total. The maximum atomic E-state index is 13.0. The second-order valence-corrected chi connectivity index (χ2v) is 5.81. The number of nitrogens with one attached hydrogen (secondary N) is 2. The lowest BCUT2D eigenvalue weighted by molar-refractivity contribution is 0.143. The lowest BCUT2D eigenvalue weighted by atomic mass is 10.3. The standard InChI is InChI=1S/C19H28FN5O/c1-3-26-15-5-4-12-22-19(21-2)23-13-10-17-11-14-25(24-17)18-8-6-16(20)7-9-18/h6-9,11,14H,3-5,10,12-13,15H2,1-2H3,(H2,21,22,23). The molecule has 2 N–H and O–H groups in total. The first-order chi connectivity index (χ1) is 12.7. The van der Waals surface area contributed by atoms with Crippen molar-refractivity contribution in [2.24, 2.45) is 4.99 Å². The highest BCUT2D eigenvalue weighted by atomic mass is 19.1. The average Bonchev–Trinajstić information content (AvgIpc) is 3.12. The molecule has 1 heterocycles. The number of hydrogen-bond donors (Lipinski definition) is 2. The summed E-state index contributed by atoms with van der Waals surface area (Å²) in [5.74, 6) is 0.543. The molecule has 0 atom stereocenters. The van der Waals surface area contributed by atoms with Crippen LogP contribution in [0.25, 0.3) is 5.69 Å². The smallest absolute Gasteiger partial charge is 0.190 e. The molecule has 142 valence electrons. The molecule has 1 aromatic heterocycles. The quantitative estimate of drug-likeness (QED) is 0.388. The molecule has 2 rings (SSSR count). The molecule has 0 bridgehead atoms. The van der Waals surface area contributed by atoms with E-state index in [2.05, 4.69) is 20.7 Å². The van der Waals surface area contributed by atoms with E-state index in [9.17, 15) is 4.39 Å². The Kier molecular flexibility index (Phi) is 8.62. The zero-order valence-electron chi connectivity index (χ0n) is 15.5. The van der Waals surface area contributed by atoms with Crippen molar-refractivity contribution in [3.8, 4) is 5.69 Å². The highest BCUT2D eigenvalue weighted by Crippen LogP contribution is 2.09. The fraction of sp³-hybridized carbons (Fsp3) is 0.474. The van der Waals surface area contributed by atoms with Crippen molar-refractivity contribution in [2.45, 2.75) is 26.2 Å². The van der Waals surface area contributed by atoms with Crippen molar-refractivity contribution in [1.29, 1.82) is 0 Å². The molecule has 0 aliphatic rings. The van der Waals surface area contributed by atoms with Crippen LogP contribution in [-0.2, 0) is 11.2 Å². The normalized spacial score (nSPS) is 11.6. The molecule has 2 aromatic rings. The predicted octanol–water partition coefficient (Wildman–Crippen LogP) is 2.54. The van der Waals surface area contributed by atoms with Crippen molar-refractivity contribution in [3.63, 3.8) is 0 Å². The summed E-state index contributed by atoms with van der Waals surface area (Å²) in [6.45, 7) is 5.19. The number of aromatic nitrogens is 2. The Labute approximate surface area is 154 Å². The molecular formula is C19H28FN5O. The summed E-state index contributed by atoms with van der Waals surface area (Å²) in [7, 11) is 1.76. The molecular weight excluding hydrogens is 333 g/mol. The lowest BCUT2D eigenvalue weighted by Crippen LogP contribution is -2.38. The van der Waals surface area contributed by atoms with Crippen LogP contribution in [0.15, 0.2) is 41.5 Å². The summed E-state index contributed by atoms with van der Waals surface area (Å²) in [4.78, 5) is 4.22. The van der Waals surface area contributed by atoms with E-state index in [0.29, 0.717) is 0 Å². The van der Waals surface area contributed by atoms with E-state index in [0.717, 1.165) is 62.9 Å². The molecule has 0 unspecified atom stereocenters. The Morgan fingerprint density at radius 3 is 2.65 bits per heavy atom. The third-order valence-corrected chi connectivity index (χ3v) is 3.84. The minimum absolute atomic E-state index is 0.248. The van der Waals surface area contributed by atoms with Crippen LogP contribution in [0.1, 0.15) is 25.5 Å².